The number of carboxylic acid groups (broad SMARTS) is 1. The summed E-state index contributed by atoms with van der Waals surface area (Å²) >= 11 is 5.77. The van der Waals surface area contributed by atoms with Gasteiger partial charge in [-0.05, 0) is 24.1 Å². The molecule has 1 aliphatic rings. The Morgan fingerprint density at radius 2 is 1.85 bits per heavy atom. The van der Waals surface area contributed by atoms with Crippen LogP contribution in [0.1, 0.15) is 5.56 Å². The molecule has 1 aromatic carbocycles. The summed E-state index contributed by atoms with van der Waals surface area (Å²) in [4.78, 5) is 24.1. The van der Waals surface area contributed by atoms with Gasteiger partial charge in [-0.1, -0.05) is 23.7 Å². The molecule has 10 heteroatoms. The summed E-state index contributed by atoms with van der Waals surface area (Å²) < 4.78 is 38.7. The molecule has 0 saturated carbocycles. The van der Waals surface area contributed by atoms with Gasteiger partial charge in [0.25, 0.3) is 0 Å². The lowest BCUT2D eigenvalue weighted by Crippen LogP contribution is -2.37. The zero-order valence-corrected chi connectivity index (χ0v) is 15.2. The van der Waals surface area contributed by atoms with E-state index in [2.05, 4.69) is 5.32 Å². The van der Waals surface area contributed by atoms with Gasteiger partial charge in [-0.2, -0.15) is 13.2 Å². The molecular weight excluding hydrogens is 396 g/mol. The van der Waals surface area contributed by atoms with Crippen LogP contribution in [0.25, 0.3) is 0 Å². The molecular formula is C16H19Cl2F3N2O3. The number of rotatable bonds is 6. The summed E-state index contributed by atoms with van der Waals surface area (Å²) in [5, 5.41) is 12.2. The smallest absolute Gasteiger partial charge is 0.393 e. The number of nitrogens with zero attached hydrogens (tertiary/aromatic N) is 1. The molecule has 1 saturated heterocycles. The molecule has 0 radical (unpaired) electrons. The first-order valence-corrected chi connectivity index (χ1v) is 8.07. The number of likely N-dealkylation sites (tertiary alicyclic amines) is 1. The first-order chi connectivity index (χ1) is 11.7. The van der Waals surface area contributed by atoms with E-state index in [-0.39, 0.29) is 25.5 Å². The van der Waals surface area contributed by atoms with Crippen LogP contribution in [0.2, 0.25) is 5.02 Å². The van der Waals surface area contributed by atoms with Gasteiger partial charge in [0, 0.05) is 24.7 Å². The second-order valence-corrected chi connectivity index (χ2v) is 6.45. The number of halogens is 5. The van der Waals surface area contributed by atoms with Gasteiger partial charge < -0.3 is 10.4 Å². The van der Waals surface area contributed by atoms with Crippen molar-refractivity contribution in [3.8, 4) is 0 Å². The second kappa shape index (κ2) is 9.43. The van der Waals surface area contributed by atoms with Crippen LogP contribution in [0.5, 0.6) is 0 Å². The lowest BCUT2D eigenvalue weighted by Gasteiger charge is -2.18. The molecule has 0 aliphatic carbocycles. The summed E-state index contributed by atoms with van der Waals surface area (Å²) in [6.45, 7) is -0.689. The van der Waals surface area contributed by atoms with Crippen molar-refractivity contribution in [1.29, 1.82) is 0 Å². The van der Waals surface area contributed by atoms with Crippen LogP contribution in [0, 0.1) is 11.8 Å². The van der Waals surface area contributed by atoms with Crippen molar-refractivity contribution in [3.05, 3.63) is 34.9 Å². The minimum atomic E-state index is -4.59. The Bertz CT molecular complexity index is 626. The molecule has 0 unspecified atom stereocenters. The fraction of sp³-hybridized carbons (Fsp3) is 0.500. The van der Waals surface area contributed by atoms with Crippen molar-refractivity contribution in [2.45, 2.75) is 12.6 Å². The third-order valence-corrected chi connectivity index (χ3v) is 4.40. The van der Waals surface area contributed by atoms with Crippen molar-refractivity contribution in [3.63, 3.8) is 0 Å². The van der Waals surface area contributed by atoms with Gasteiger partial charge in [0.05, 0.1) is 18.4 Å². The summed E-state index contributed by atoms with van der Waals surface area (Å²) in [5.74, 6) is -5.41. The van der Waals surface area contributed by atoms with E-state index in [1.165, 1.54) is 4.90 Å². The van der Waals surface area contributed by atoms with Gasteiger partial charge in [-0.25, -0.2) is 0 Å². The molecule has 1 aliphatic heterocycles. The van der Waals surface area contributed by atoms with E-state index in [1.807, 2.05) is 12.1 Å². The summed E-state index contributed by atoms with van der Waals surface area (Å²) in [6, 6.07) is 7.10. The zero-order valence-electron chi connectivity index (χ0n) is 13.6. The van der Waals surface area contributed by atoms with E-state index in [1.54, 1.807) is 12.1 Å². The van der Waals surface area contributed by atoms with Gasteiger partial charge >= 0.3 is 12.1 Å². The molecule has 0 bridgehead atoms. The Balaban J connectivity index is 0.00000338. The predicted octanol–water partition coefficient (Wildman–Crippen LogP) is 2.62. The third-order valence-electron chi connectivity index (χ3n) is 4.15. The van der Waals surface area contributed by atoms with Crippen molar-refractivity contribution >= 4 is 35.9 Å². The first-order valence-electron chi connectivity index (χ1n) is 7.70. The van der Waals surface area contributed by atoms with Crippen LogP contribution >= 0.6 is 24.0 Å². The largest absolute Gasteiger partial charge is 0.481 e. The highest BCUT2D eigenvalue weighted by Crippen LogP contribution is 2.37. The molecule has 26 heavy (non-hydrogen) atoms. The highest BCUT2D eigenvalue weighted by Gasteiger charge is 2.52. The third kappa shape index (κ3) is 6.34. The molecule has 1 amide bonds. The van der Waals surface area contributed by atoms with Crippen molar-refractivity contribution < 1.29 is 27.9 Å². The Morgan fingerprint density at radius 1 is 1.23 bits per heavy atom. The second-order valence-electron chi connectivity index (χ2n) is 6.01. The first kappa shape index (κ1) is 22.5. The Hall–Kier alpha value is -1.51. The number of carboxylic acids is 1. The molecule has 1 aromatic rings. The fourth-order valence-corrected chi connectivity index (χ4v) is 2.98. The van der Waals surface area contributed by atoms with Crippen LogP contribution in [0.4, 0.5) is 13.2 Å². The number of carbonyl (C=O) groups excluding carboxylic acids is 1. The minimum Gasteiger partial charge on any atom is -0.481 e. The van der Waals surface area contributed by atoms with Gasteiger partial charge in [0.1, 0.15) is 0 Å². The molecule has 1 fully saturated rings. The quantitative estimate of drug-likeness (QED) is 0.750. The highest BCUT2D eigenvalue weighted by molar-refractivity contribution is 6.30. The topological polar surface area (TPSA) is 69.6 Å². The zero-order chi connectivity index (χ0) is 18.6. The number of hydrogen-bond acceptors (Lipinski definition) is 3. The van der Waals surface area contributed by atoms with Crippen molar-refractivity contribution in [1.82, 2.24) is 10.2 Å². The molecule has 5 nitrogen and oxygen atoms in total. The maximum Gasteiger partial charge on any atom is 0.393 e. The SMILES string of the molecule is Cl.O=C(CN1C[C@@H](C(F)(F)F)[C@H](C(=O)O)C1)NCCc1ccc(Cl)cc1. The molecule has 146 valence electrons. The number of aliphatic carboxylic acids is 1. The van der Waals surface area contributed by atoms with Crippen molar-refractivity contribution in [2.24, 2.45) is 11.8 Å². The van der Waals surface area contributed by atoms with Crippen LogP contribution < -0.4 is 5.32 Å². The molecule has 2 atom stereocenters. The lowest BCUT2D eigenvalue weighted by atomic mass is 9.96. The average molecular weight is 415 g/mol. The number of hydrogen-bond donors (Lipinski definition) is 2. The Morgan fingerprint density at radius 3 is 2.35 bits per heavy atom. The molecule has 2 N–H and O–H groups in total. The van der Waals surface area contributed by atoms with Crippen LogP contribution in [0.15, 0.2) is 24.3 Å². The van der Waals surface area contributed by atoms with Gasteiger partial charge in [0.15, 0.2) is 0 Å². The monoisotopic (exact) mass is 414 g/mol. The number of nitrogens with one attached hydrogen (secondary N) is 1. The predicted molar refractivity (Wildman–Crippen MR) is 92.5 cm³/mol. The lowest BCUT2D eigenvalue weighted by molar-refractivity contribution is -0.188. The summed E-state index contributed by atoms with van der Waals surface area (Å²) in [5.41, 5.74) is 0.967. The number of benzene rings is 1. The van der Waals surface area contributed by atoms with E-state index >= 15 is 0 Å². The van der Waals surface area contributed by atoms with Crippen LogP contribution in [0.3, 0.4) is 0 Å². The summed E-state index contributed by atoms with van der Waals surface area (Å²) in [7, 11) is 0. The van der Waals surface area contributed by atoms with E-state index < -0.39 is 36.4 Å². The molecule has 0 spiro atoms. The van der Waals surface area contributed by atoms with Gasteiger partial charge in [-0.15, -0.1) is 12.4 Å². The van der Waals surface area contributed by atoms with E-state index in [0.717, 1.165) is 5.56 Å². The van der Waals surface area contributed by atoms with Gasteiger partial charge in [0.2, 0.25) is 5.91 Å². The van der Waals surface area contributed by atoms with Crippen LogP contribution in [-0.2, 0) is 16.0 Å². The van der Waals surface area contributed by atoms with Crippen molar-refractivity contribution in [2.75, 3.05) is 26.2 Å². The molecule has 1 heterocycles. The Labute approximate surface area is 159 Å². The van der Waals surface area contributed by atoms with E-state index in [0.29, 0.717) is 18.0 Å². The maximum absolute atomic E-state index is 12.9. The normalized spacial score (nSPS) is 20.5. The van der Waals surface area contributed by atoms with Gasteiger partial charge in [-0.3, -0.25) is 14.5 Å². The summed E-state index contributed by atoms with van der Waals surface area (Å²) in [6.07, 6.45) is -4.03. The fourth-order valence-electron chi connectivity index (χ4n) is 2.85. The molecule has 2 rings (SSSR count). The average Bonchev–Trinajstić information content (AvgIpc) is 2.93. The standard InChI is InChI=1S/C16H18ClF3N2O3.ClH/c17-11-3-1-10(2-4-11)5-6-21-14(23)9-22-7-12(15(24)25)13(8-22)16(18,19)20;/h1-4,12-13H,5-9H2,(H,21,23)(H,24,25);1H/t12-,13-;/m1./s1. The van der Waals surface area contributed by atoms with E-state index in [9.17, 15) is 22.8 Å². The number of carbonyl (C=O) groups is 2. The number of alkyl halides is 3. The minimum absolute atomic E-state index is 0. The Kier molecular flexibility index (Phi) is 8.17. The molecule has 0 aromatic heterocycles. The van der Waals surface area contributed by atoms with Crippen LogP contribution in [-0.4, -0.2) is 54.2 Å². The number of amides is 1. The highest BCUT2D eigenvalue weighted by atomic mass is 35.5. The maximum atomic E-state index is 12.9. The van der Waals surface area contributed by atoms with E-state index in [4.69, 9.17) is 16.7 Å².